The molecule has 1 aromatic heterocycles. The number of nitrogens with one attached hydrogen (secondary N) is 1. The molecule has 3 aromatic rings. The predicted octanol–water partition coefficient (Wildman–Crippen LogP) is 2.32. The number of para-hydroxylation sites is 2. The van der Waals surface area contributed by atoms with Crippen LogP contribution in [-0.2, 0) is 11.3 Å². The SMILES string of the molecule is CNC(=O)[C@H]1CN(Cc2cc(=O)oc3cc(OC)ccc23)c2ccccc2O1. The molecule has 144 valence electrons. The third-order valence-electron chi connectivity index (χ3n) is 4.80. The Bertz CT molecular complexity index is 1090. The summed E-state index contributed by atoms with van der Waals surface area (Å²) in [6, 6.07) is 14.4. The highest BCUT2D eigenvalue weighted by atomic mass is 16.5. The van der Waals surface area contributed by atoms with Gasteiger partial charge >= 0.3 is 5.63 Å². The number of anilines is 1. The van der Waals surface area contributed by atoms with E-state index in [4.69, 9.17) is 13.9 Å². The molecule has 0 bridgehead atoms. The summed E-state index contributed by atoms with van der Waals surface area (Å²) in [7, 11) is 3.15. The molecule has 0 radical (unpaired) electrons. The molecule has 1 aliphatic heterocycles. The highest BCUT2D eigenvalue weighted by molar-refractivity contribution is 5.84. The summed E-state index contributed by atoms with van der Waals surface area (Å²) >= 11 is 0. The highest BCUT2D eigenvalue weighted by Crippen LogP contribution is 2.35. The molecule has 2 heterocycles. The van der Waals surface area contributed by atoms with Crippen LogP contribution in [0.3, 0.4) is 0 Å². The van der Waals surface area contributed by atoms with E-state index < -0.39 is 11.7 Å². The number of hydrogen-bond acceptors (Lipinski definition) is 6. The molecule has 0 saturated carbocycles. The number of methoxy groups -OCH3 is 1. The van der Waals surface area contributed by atoms with Crippen LogP contribution in [0.2, 0.25) is 0 Å². The van der Waals surface area contributed by atoms with Crippen LogP contribution in [0.1, 0.15) is 5.56 Å². The van der Waals surface area contributed by atoms with Gasteiger partial charge in [-0.3, -0.25) is 4.79 Å². The van der Waals surface area contributed by atoms with Crippen molar-refractivity contribution in [2.24, 2.45) is 0 Å². The maximum absolute atomic E-state index is 12.2. The van der Waals surface area contributed by atoms with Crippen LogP contribution in [0, 0.1) is 0 Å². The lowest BCUT2D eigenvalue weighted by Crippen LogP contribution is -2.48. The smallest absolute Gasteiger partial charge is 0.336 e. The van der Waals surface area contributed by atoms with Gasteiger partial charge in [-0.15, -0.1) is 0 Å². The molecule has 1 aliphatic rings. The van der Waals surface area contributed by atoms with Gasteiger partial charge in [-0.05, 0) is 29.8 Å². The number of hydrogen-bond donors (Lipinski definition) is 1. The number of amides is 1. The van der Waals surface area contributed by atoms with Crippen LogP contribution in [0.4, 0.5) is 5.69 Å². The molecule has 0 aliphatic carbocycles. The Hall–Kier alpha value is -3.48. The van der Waals surface area contributed by atoms with Crippen LogP contribution in [0.25, 0.3) is 11.0 Å². The van der Waals surface area contributed by atoms with Gasteiger partial charge in [-0.1, -0.05) is 12.1 Å². The van der Waals surface area contributed by atoms with Crippen molar-refractivity contribution in [2.45, 2.75) is 12.6 Å². The fraction of sp³-hybridized carbons (Fsp3) is 0.238. The molecule has 4 rings (SSSR count). The Labute approximate surface area is 161 Å². The number of likely N-dealkylation sites (N-methyl/N-ethyl adjacent to an activating group) is 1. The molecule has 7 nitrogen and oxygen atoms in total. The topological polar surface area (TPSA) is 81.0 Å². The number of benzene rings is 2. The molecule has 7 heteroatoms. The Morgan fingerprint density at radius 3 is 2.86 bits per heavy atom. The standard InChI is InChI=1S/C21H20N2O5/c1-22-21(25)19-12-23(16-5-3-4-6-17(16)27-19)11-13-9-20(24)28-18-10-14(26-2)7-8-15(13)18/h3-10,19H,11-12H2,1-2H3,(H,22,25)/t19-/m1/s1. The van der Waals surface area contributed by atoms with Crippen LogP contribution in [-0.4, -0.2) is 32.7 Å². The maximum Gasteiger partial charge on any atom is 0.336 e. The zero-order chi connectivity index (χ0) is 19.7. The second kappa shape index (κ2) is 7.26. The molecule has 1 amide bonds. The van der Waals surface area contributed by atoms with E-state index in [2.05, 4.69) is 5.32 Å². The number of nitrogens with zero attached hydrogens (tertiary/aromatic N) is 1. The third kappa shape index (κ3) is 3.26. The molecule has 1 N–H and O–H groups in total. The zero-order valence-electron chi connectivity index (χ0n) is 15.6. The average Bonchev–Trinajstić information content (AvgIpc) is 2.72. The Morgan fingerprint density at radius 2 is 2.07 bits per heavy atom. The summed E-state index contributed by atoms with van der Waals surface area (Å²) < 4.78 is 16.4. The van der Waals surface area contributed by atoms with Crippen molar-refractivity contribution >= 4 is 22.6 Å². The van der Waals surface area contributed by atoms with Crippen molar-refractivity contribution in [1.29, 1.82) is 0 Å². The number of carbonyl (C=O) groups is 1. The Balaban J connectivity index is 1.75. The van der Waals surface area contributed by atoms with Gasteiger partial charge < -0.3 is 24.1 Å². The molecule has 0 unspecified atom stereocenters. The average molecular weight is 380 g/mol. The Morgan fingerprint density at radius 1 is 1.25 bits per heavy atom. The second-order valence-electron chi connectivity index (χ2n) is 6.52. The molecule has 1 atom stereocenters. The normalized spacial score (nSPS) is 15.6. The van der Waals surface area contributed by atoms with Gasteiger partial charge in [0.2, 0.25) is 0 Å². The number of fused-ring (bicyclic) bond motifs is 2. The van der Waals surface area contributed by atoms with Crippen molar-refractivity contribution in [3.8, 4) is 11.5 Å². The first-order valence-electron chi connectivity index (χ1n) is 8.92. The lowest BCUT2D eigenvalue weighted by Gasteiger charge is -2.35. The summed E-state index contributed by atoms with van der Waals surface area (Å²) in [5.74, 6) is 1.06. The summed E-state index contributed by atoms with van der Waals surface area (Å²) in [6.45, 7) is 0.802. The fourth-order valence-electron chi connectivity index (χ4n) is 3.43. The van der Waals surface area contributed by atoms with E-state index in [0.717, 1.165) is 16.6 Å². The van der Waals surface area contributed by atoms with E-state index in [9.17, 15) is 9.59 Å². The first-order valence-corrected chi connectivity index (χ1v) is 8.92. The molecule has 0 fully saturated rings. The summed E-state index contributed by atoms with van der Waals surface area (Å²) in [4.78, 5) is 26.3. The lowest BCUT2D eigenvalue weighted by atomic mass is 10.1. The summed E-state index contributed by atoms with van der Waals surface area (Å²) in [6.07, 6.45) is -0.633. The van der Waals surface area contributed by atoms with Crippen molar-refractivity contribution in [3.63, 3.8) is 0 Å². The molecule has 0 saturated heterocycles. The van der Waals surface area contributed by atoms with E-state index >= 15 is 0 Å². The van der Waals surface area contributed by atoms with Crippen molar-refractivity contribution < 1.29 is 18.7 Å². The number of ether oxygens (including phenoxy) is 2. The van der Waals surface area contributed by atoms with Gasteiger partial charge in [-0.25, -0.2) is 4.79 Å². The van der Waals surface area contributed by atoms with Crippen LogP contribution < -0.4 is 25.3 Å². The van der Waals surface area contributed by atoms with E-state index in [1.165, 1.54) is 6.07 Å². The highest BCUT2D eigenvalue weighted by Gasteiger charge is 2.30. The molecule has 2 aromatic carbocycles. The van der Waals surface area contributed by atoms with Crippen molar-refractivity contribution in [3.05, 3.63) is 64.5 Å². The largest absolute Gasteiger partial charge is 0.497 e. The van der Waals surface area contributed by atoms with Gasteiger partial charge in [0.15, 0.2) is 6.10 Å². The van der Waals surface area contributed by atoms with Crippen LogP contribution in [0.15, 0.2) is 57.7 Å². The van der Waals surface area contributed by atoms with E-state index in [1.807, 2.05) is 41.3 Å². The molecular formula is C21H20N2O5. The van der Waals surface area contributed by atoms with Crippen LogP contribution >= 0.6 is 0 Å². The van der Waals surface area contributed by atoms with Gasteiger partial charge in [0.25, 0.3) is 5.91 Å². The second-order valence-corrected chi connectivity index (χ2v) is 6.52. The minimum absolute atomic E-state index is 0.193. The first-order chi connectivity index (χ1) is 13.6. The van der Waals surface area contributed by atoms with Gasteiger partial charge in [0.05, 0.1) is 19.3 Å². The minimum Gasteiger partial charge on any atom is -0.497 e. The zero-order valence-corrected chi connectivity index (χ0v) is 15.6. The first kappa shape index (κ1) is 17.9. The van der Waals surface area contributed by atoms with Gasteiger partial charge in [0, 0.05) is 31.1 Å². The van der Waals surface area contributed by atoms with E-state index in [1.54, 1.807) is 20.2 Å². The van der Waals surface area contributed by atoms with Crippen molar-refractivity contribution in [2.75, 3.05) is 25.6 Å². The number of carbonyl (C=O) groups excluding carboxylic acids is 1. The predicted molar refractivity (Wildman–Crippen MR) is 105 cm³/mol. The summed E-state index contributed by atoms with van der Waals surface area (Å²) in [5, 5.41) is 3.45. The Kier molecular flexibility index (Phi) is 4.65. The third-order valence-corrected chi connectivity index (χ3v) is 4.80. The maximum atomic E-state index is 12.2. The van der Waals surface area contributed by atoms with Gasteiger partial charge in [-0.2, -0.15) is 0 Å². The number of rotatable bonds is 4. The van der Waals surface area contributed by atoms with Gasteiger partial charge in [0.1, 0.15) is 17.1 Å². The summed E-state index contributed by atoms with van der Waals surface area (Å²) in [5.41, 5.74) is 1.71. The quantitative estimate of drug-likeness (QED) is 0.700. The monoisotopic (exact) mass is 380 g/mol. The van der Waals surface area contributed by atoms with Crippen molar-refractivity contribution in [1.82, 2.24) is 5.32 Å². The minimum atomic E-state index is -0.633. The molecule has 0 spiro atoms. The molecule has 28 heavy (non-hydrogen) atoms. The molecular weight excluding hydrogens is 360 g/mol. The van der Waals surface area contributed by atoms with Crippen LogP contribution in [0.5, 0.6) is 11.5 Å². The fourth-order valence-corrected chi connectivity index (χ4v) is 3.43. The van der Waals surface area contributed by atoms with E-state index in [0.29, 0.717) is 30.2 Å². The lowest BCUT2D eigenvalue weighted by molar-refractivity contribution is -0.127. The van der Waals surface area contributed by atoms with E-state index in [-0.39, 0.29) is 5.91 Å².